The topological polar surface area (TPSA) is 37.8 Å². The molecule has 1 aliphatic rings. The number of nitrogens with one attached hydrogen (secondary N) is 1. The van der Waals surface area contributed by atoms with Gasteiger partial charge in [0.15, 0.2) is 0 Å². The molecule has 4 aromatic rings. The quantitative estimate of drug-likeness (QED) is 0.431. The Kier molecular flexibility index (Phi) is 4.76. The highest BCUT2D eigenvalue weighted by Crippen LogP contribution is 2.39. The lowest BCUT2D eigenvalue weighted by atomic mass is 9.97. The van der Waals surface area contributed by atoms with E-state index in [0.29, 0.717) is 6.42 Å². The molecule has 2 heterocycles. The van der Waals surface area contributed by atoms with Gasteiger partial charge in [-0.2, -0.15) is 0 Å². The fourth-order valence-corrected chi connectivity index (χ4v) is 5.29. The average molecular weight is 404 g/mol. The van der Waals surface area contributed by atoms with E-state index in [1.54, 1.807) is 23.5 Å². The molecular weight excluding hydrogens is 381 g/mol. The normalized spacial score (nSPS) is 13.4. The van der Waals surface area contributed by atoms with Crippen molar-refractivity contribution in [3.8, 4) is 0 Å². The van der Waals surface area contributed by atoms with Crippen LogP contribution in [0.3, 0.4) is 0 Å². The number of nitrogens with zero attached hydrogens (tertiary/aromatic N) is 2. The minimum Gasteiger partial charge on any atom is -0.339 e. The standard InChI is InChI=1S/C24H22FN3S/c1-15-11-12-17(25)14-19(15)26-23-22-18-9-5-6-10-20(18)29-24(22)28-21(27-23)13-16-7-3-2-4-8-16/h2-4,7-8,11-12,14H,5-6,9-10,13H2,1H3,(H,26,27,28). The van der Waals surface area contributed by atoms with Gasteiger partial charge < -0.3 is 5.32 Å². The third-order valence-electron chi connectivity index (χ3n) is 5.52. The molecule has 2 aromatic heterocycles. The summed E-state index contributed by atoms with van der Waals surface area (Å²) in [5.41, 5.74) is 4.30. The van der Waals surface area contributed by atoms with Gasteiger partial charge in [-0.15, -0.1) is 11.3 Å². The minimum atomic E-state index is -0.250. The van der Waals surface area contributed by atoms with Crippen molar-refractivity contribution >= 4 is 33.1 Å². The summed E-state index contributed by atoms with van der Waals surface area (Å²) in [6.45, 7) is 1.98. The van der Waals surface area contributed by atoms with Crippen molar-refractivity contribution in [2.45, 2.75) is 39.0 Å². The highest BCUT2D eigenvalue weighted by molar-refractivity contribution is 7.19. The lowest BCUT2D eigenvalue weighted by Gasteiger charge is -2.14. The van der Waals surface area contributed by atoms with Crippen LogP contribution in [0.1, 0.15) is 40.2 Å². The van der Waals surface area contributed by atoms with E-state index in [0.717, 1.165) is 46.0 Å². The molecule has 0 bridgehead atoms. The molecule has 0 radical (unpaired) electrons. The fraction of sp³-hybridized carbons (Fsp3) is 0.250. The molecule has 0 aliphatic heterocycles. The van der Waals surface area contributed by atoms with Gasteiger partial charge in [-0.1, -0.05) is 36.4 Å². The Hall–Kier alpha value is -2.79. The predicted octanol–water partition coefficient (Wildman–Crippen LogP) is 6.35. The van der Waals surface area contributed by atoms with Crippen molar-refractivity contribution in [3.63, 3.8) is 0 Å². The van der Waals surface area contributed by atoms with Gasteiger partial charge in [-0.05, 0) is 61.4 Å². The van der Waals surface area contributed by atoms with Crippen molar-refractivity contribution in [3.05, 3.63) is 81.7 Å². The number of benzene rings is 2. The van der Waals surface area contributed by atoms with Crippen LogP contribution >= 0.6 is 11.3 Å². The Morgan fingerprint density at radius 2 is 1.86 bits per heavy atom. The summed E-state index contributed by atoms with van der Waals surface area (Å²) in [6, 6.07) is 15.1. The second-order valence-corrected chi connectivity index (χ2v) is 8.71. The lowest BCUT2D eigenvalue weighted by Crippen LogP contribution is -2.05. The molecule has 3 nitrogen and oxygen atoms in total. The molecule has 0 saturated carbocycles. The third-order valence-corrected chi connectivity index (χ3v) is 6.70. The first-order chi connectivity index (χ1) is 14.2. The van der Waals surface area contributed by atoms with Crippen molar-refractivity contribution in [1.29, 1.82) is 0 Å². The molecule has 5 heteroatoms. The lowest BCUT2D eigenvalue weighted by molar-refractivity contribution is 0.628. The predicted molar refractivity (Wildman–Crippen MR) is 118 cm³/mol. The van der Waals surface area contributed by atoms with E-state index < -0.39 is 0 Å². The smallest absolute Gasteiger partial charge is 0.143 e. The maximum Gasteiger partial charge on any atom is 0.143 e. The number of anilines is 2. The molecule has 29 heavy (non-hydrogen) atoms. The van der Waals surface area contributed by atoms with Gasteiger partial charge in [0, 0.05) is 17.0 Å². The monoisotopic (exact) mass is 403 g/mol. The van der Waals surface area contributed by atoms with Gasteiger partial charge in [0.05, 0.1) is 5.39 Å². The van der Waals surface area contributed by atoms with Crippen LogP contribution in [0.5, 0.6) is 0 Å². The second-order valence-electron chi connectivity index (χ2n) is 7.63. The van der Waals surface area contributed by atoms with Crippen LogP contribution in [0, 0.1) is 12.7 Å². The van der Waals surface area contributed by atoms with E-state index in [1.165, 1.54) is 34.9 Å². The molecule has 1 N–H and O–H groups in total. The molecular formula is C24H22FN3S. The molecule has 146 valence electrons. The summed E-state index contributed by atoms with van der Waals surface area (Å²) in [4.78, 5) is 12.3. The maximum absolute atomic E-state index is 13.9. The summed E-state index contributed by atoms with van der Waals surface area (Å²) in [6.07, 6.45) is 5.28. The Morgan fingerprint density at radius 3 is 2.72 bits per heavy atom. The van der Waals surface area contributed by atoms with E-state index in [4.69, 9.17) is 9.97 Å². The van der Waals surface area contributed by atoms with E-state index in [2.05, 4.69) is 17.4 Å². The first-order valence-corrected chi connectivity index (χ1v) is 10.9. The Bertz CT molecular complexity index is 1180. The first-order valence-electron chi connectivity index (χ1n) is 10.1. The molecule has 0 unspecified atom stereocenters. The minimum absolute atomic E-state index is 0.250. The summed E-state index contributed by atoms with van der Waals surface area (Å²) in [7, 11) is 0. The number of hydrogen-bond acceptors (Lipinski definition) is 4. The summed E-state index contributed by atoms with van der Waals surface area (Å²) < 4.78 is 13.9. The highest BCUT2D eigenvalue weighted by Gasteiger charge is 2.21. The van der Waals surface area contributed by atoms with Gasteiger partial charge in [0.2, 0.25) is 0 Å². The van der Waals surface area contributed by atoms with Crippen LogP contribution in [-0.2, 0) is 19.3 Å². The zero-order chi connectivity index (χ0) is 19.8. The Labute approximate surface area is 173 Å². The van der Waals surface area contributed by atoms with Crippen molar-refractivity contribution < 1.29 is 4.39 Å². The molecule has 0 fully saturated rings. The maximum atomic E-state index is 13.9. The summed E-state index contributed by atoms with van der Waals surface area (Å²) >= 11 is 1.79. The molecule has 5 rings (SSSR count). The van der Waals surface area contributed by atoms with Crippen LogP contribution < -0.4 is 5.32 Å². The molecule has 1 aliphatic carbocycles. The van der Waals surface area contributed by atoms with Crippen molar-refractivity contribution in [2.24, 2.45) is 0 Å². The number of aryl methyl sites for hydroxylation is 3. The fourth-order valence-electron chi connectivity index (χ4n) is 4.01. The number of rotatable bonds is 4. The molecule has 0 amide bonds. The van der Waals surface area contributed by atoms with Crippen molar-refractivity contribution in [2.75, 3.05) is 5.32 Å². The SMILES string of the molecule is Cc1ccc(F)cc1Nc1nc(Cc2ccccc2)nc2sc3c(c12)CCCC3. The number of hydrogen-bond donors (Lipinski definition) is 1. The zero-order valence-electron chi connectivity index (χ0n) is 16.3. The van der Waals surface area contributed by atoms with E-state index in [9.17, 15) is 4.39 Å². The number of thiophene rings is 1. The van der Waals surface area contributed by atoms with Gasteiger partial charge in [-0.25, -0.2) is 14.4 Å². The average Bonchev–Trinajstić information content (AvgIpc) is 3.10. The van der Waals surface area contributed by atoms with Gasteiger partial charge in [0.1, 0.15) is 22.3 Å². The number of aromatic nitrogens is 2. The van der Waals surface area contributed by atoms with Crippen LogP contribution in [-0.4, -0.2) is 9.97 Å². The van der Waals surface area contributed by atoms with E-state index in [-0.39, 0.29) is 5.82 Å². The van der Waals surface area contributed by atoms with Gasteiger partial charge >= 0.3 is 0 Å². The third kappa shape index (κ3) is 3.62. The van der Waals surface area contributed by atoms with E-state index in [1.807, 2.05) is 25.1 Å². The molecule has 0 saturated heterocycles. The Morgan fingerprint density at radius 1 is 1.03 bits per heavy atom. The molecule has 0 atom stereocenters. The number of fused-ring (bicyclic) bond motifs is 3. The Balaban J connectivity index is 1.64. The van der Waals surface area contributed by atoms with Gasteiger partial charge in [0.25, 0.3) is 0 Å². The first kappa shape index (κ1) is 18.3. The van der Waals surface area contributed by atoms with Crippen LogP contribution in [0.15, 0.2) is 48.5 Å². The van der Waals surface area contributed by atoms with Crippen LogP contribution in [0.4, 0.5) is 15.9 Å². The molecule has 0 spiro atoms. The van der Waals surface area contributed by atoms with Crippen molar-refractivity contribution in [1.82, 2.24) is 9.97 Å². The van der Waals surface area contributed by atoms with Gasteiger partial charge in [-0.3, -0.25) is 0 Å². The summed E-state index contributed by atoms with van der Waals surface area (Å²) in [5, 5.41) is 4.55. The second kappa shape index (κ2) is 7.56. The largest absolute Gasteiger partial charge is 0.339 e. The highest BCUT2D eigenvalue weighted by atomic mass is 32.1. The molecule has 2 aromatic carbocycles. The number of halogens is 1. The zero-order valence-corrected chi connectivity index (χ0v) is 17.2. The van der Waals surface area contributed by atoms with Crippen LogP contribution in [0.2, 0.25) is 0 Å². The van der Waals surface area contributed by atoms with E-state index >= 15 is 0 Å². The van der Waals surface area contributed by atoms with Crippen LogP contribution in [0.25, 0.3) is 10.2 Å². The summed E-state index contributed by atoms with van der Waals surface area (Å²) in [5.74, 6) is 1.34.